The highest BCUT2D eigenvalue weighted by molar-refractivity contribution is 6.07. The minimum Gasteiger partial charge on any atom is -0.497 e. The molecule has 0 saturated heterocycles. The minimum atomic E-state index is -4.77. The summed E-state index contributed by atoms with van der Waals surface area (Å²) in [5, 5.41) is 13.8. The molecule has 2 atom stereocenters. The number of alkyl halides is 3. The van der Waals surface area contributed by atoms with Crippen molar-refractivity contribution in [3.05, 3.63) is 35.4 Å². The van der Waals surface area contributed by atoms with Crippen molar-refractivity contribution in [2.45, 2.75) is 31.2 Å². The number of fused-ring (bicyclic) bond motifs is 1. The molecule has 7 heteroatoms. The fourth-order valence-corrected chi connectivity index (χ4v) is 3.07. The molecule has 1 aliphatic heterocycles. The van der Waals surface area contributed by atoms with Crippen LogP contribution >= 0.6 is 0 Å². The van der Waals surface area contributed by atoms with Crippen LogP contribution in [0.15, 0.2) is 34.9 Å². The summed E-state index contributed by atoms with van der Waals surface area (Å²) >= 11 is 0. The van der Waals surface area contributed by atoms with Crippen molar-refractivity contribution in [3.8, 4) is 5.75 Å². The smallest absolute Gasteiger partial charge is 0.438 e. The van der Waals surface area contributed by atoms with Gasteiger partial charge in [-0.15, -0.1) is 0 Å². The quantitative estimate of drug-likeness (QED) is 0.878. The monoisotopic (exact) mass is 326 g/mol. The SMILES string of the molecule is COc1ccc(/C=C2\CCCC3C2=NNC3(O)C(F)(F)F)cc1. The van der Waals surface area contributed by atoms with E-state index in [0.29, 0.717) is 24.3 Å². The third-order valence-corrected chi connectivity index (χ3v) is 4.34. The number of rotatable bonds is 2. The number of aliphatic hydroxyl groups is 1. The van der Waals surface area contributed by atoms with Gasteiger partial charge in [0, 0.05) is 0 Å². The molecule has 0 radical (unpaired) electrons. The number of hydrogen-bond donors (Lipinski definition) is 2. The fraction of sp³-hybridized carbons (Fsp3) is 0.438. The molecule has 4 nitrogen and oxygen atoms in total. The molecule has 0 bridgehead atoms. The first-order chi connectivity index (χ1) is 10.8. The van der Waals surface area contributed by atoms with E-state index in [1.165, 1.54) is 0 Å². The second kappa shape index (κ2) is 5.56. The van der Waals surface area contributed by atoms with E-state index in [1.807, 2.05) is 23.6 Å². The Morgan fingerprint density at radius 1 is 1.35 bits per heavy atom. The predicted octanol–water partition coefficient (Wildman–Crippen LogP) is 3.09. The molecule has 2 aliphatic rings. The highest BCUT2D eigenvalue weighted by Gasteiger charge is 2.63. The molecule has 124 valence electrons. The summed E-state index contributed by atoms with van der Waals surface area (Å²) in [6.45, 7) is 0. The third kappa shape index (κ3) is 2.69. The molecule has 2 N–H and O–H groups in total. The van der Waals surface area contributed by atoms with E-state index in [1.54, 1.807) is 19.2 Å². The van der Waals surface area contributed by atoms with Crippen LogP contribution < -0.4 is 10.2 Å². The zero-order chi connectivity index (χ0) is 16.7. The van der Waals surface area contributed by atoms with E-state index in [2.05, 4.69) is 5.10 Å². The van der Waals surface area contributed by atoms with E-state index in [4.69, 9.17) is 4.74 Å². The summed E-state index contributed by atoms with van der Waals surface area (Å²) in [5.41, 5.74) is 0.809. The zero-order valence-electron chi connectivity index (χ0n) is 12.5. The van der Waals surface area contributed by atoms with Gasteiger partial charge in [0.15, 0.2) is 0 Å². The summed E-state index contributed by atoms with van der Waals surface area (Å²) in [5.74, 6) is -0.360. The van der Waals surface area contributed by atoms with Crippen LogP contribution in [-0.2, 0) is 0 Å². The molecule has 1 saturated carbocycles. The maximum Gasteiger partial charge on any atom is 0.438 e. The van der Waals surface area contributed by atoms with Gasteiger partial charge >= 0.3 is 6.18 Å². The number of ether oxygens (including phenoxy) is 1. The number of hydrazone groups is 1. The number of hydrogen-bond acceptors (Lipinski definition) is 4. The van der Waals surface area contributed by atoms with Crippen molar-refractivity contribution in [1.82, 2.24) is 5.43 Å². The summed E-state index contributed by atoms with van der Waals surface area (Å²) < 4.78 is 44.5. The minimum absolute atomic E-state index is 0.252. The summed E-state index contributed by atoms with van der Waals surface area (Å²) in [6, 6.07) is 7.23. The average Bonchev–Trinajstić information content (AvgIpc) is 2.88. The van der Waals surface area contributed by atoms with E-state index in [9.17, 15) is 18.3 Å². The van der Waals surface area contributed by atoms with Crippen molar-refractivity contribution < 1.29 is 23.0 Å². The highest BCUT2D eigenvalue weighted by Crippen LogP contribution is 2.44. The molecule has 1 aliphatic carbocycles. The first kappa shape index (κ1) is 15.9. The second-order valence-electron chi connectivity index (χ2n) is 5.76. The van der Waals surface area contributed by atoms with Gasteiger partial charge in [-0.25, -0.2) is 0 Å². The number of halogens is 3. The van der Waals surface area contributed by atoms with E-state index < -0.39 is 17.8 Å². The molecule has 2 unspecified atom stereocenters. The van der Waals surface area contributed by atoms with Crippen LogP contribution in [0.2, 0.25) is 0 Å². The lowest BCUT2D eigenvalue weighted by atomic mass is 9.77. The van der Waals surface area contributed by atoms with E-state index in [0.717, 1.165) is 11.1 Å². The van der Waals surface area contributed by atoms with Gasteiger partial charge in [-0.2, -0.15) is 18.3 Å². The summed E-state index contributed by atoms with van der Waals surface area (Å²) in [7, 11) is 1.57. The molecular weight excluding hydrogens is 309 g/mol. The molecule has 1 aromatic rings. The van der Waals surface area contributed by atoms with Gasteiger partial charge in [0.25, 0.3) is 5.72 Å². The molecule has 1 aromatic carbocycles. The number of benzene rings is 1. The largest absolute Gasteiger partial charge is 0.497 e. The molecule has 0 spiro atoms. The normalized spacial score (nSPS) is 29.0. The standard InChI is InChI=1S/C16H17F3N2O2/c1-23-12-7-5-10(6-8-12)9-11-3-2-4-13-14(11)20-21-15(13,22)16(17,18)19/h5-9,13,21-22H,2-4H2,1H3/b11-9+. The Hall–Kier alpha value is -2.02. The van der Waals surface area contributed by atoms with Crippen LogP contribution in [0, 0.1) is 5.92 Å². The Balaban J connectivity index is 1.89. The van der Waals surface area contributed by atoms with Crippen molar-refractivity contribution in [3.63, 3.8) is 0 Å². The molecule has 0 amide bonds. The summed E-state index contributed by atoms with van der Waals surface area (Å²) in [6.07, 6.45) is -1.50. The number of nitrogens with zero attached hydrogens (tertiary/aromatic N) is 1. The van der Waals surface area contributed by atoms with Gasteiger partial charge in [-0.05, 0) is 48.6 Å². The molecule has 0 aromatic heterocycles. The Kier molecular flexibility index (Phi) is 3.83. The predicted molar refractivity (Wildman–Crippen MR) is 79.9 cm³/mol. The Bertz CT molecular complexity index is 652. The Morgan fingerprint density at radius 2 is 2.04 bits per heavy atom. The highest BCUT2D eigenvalue weighted by atomic mass is 19.4. The van der Waals surface area contributed by atoms with Gasteiger partial charge in [0.05, 0.1) is 18.7 Å². The second-order valence-corrected chi connectivity index (χ2v) is 5.76. The number of nitrogens with one attached hydrogen (secondary N) is 1. The van der Waals surface area contributed by atoms with Gasteiger partial charge in [-0.3, -0.25) is 5.43 Å². The Labute approximate surface area is 131 Å². The average molecular weight is 326 g/mol. The van der Waals surface area contributed by atoms with Gasteiger partial charge < -0.3 is 9.84 Å². The maximum absolute atomic E-state index is 13.1. The van der Waals surface area contributed by atoms with Crippen LogP contribution in [0.1, 0.15) is 24.8 Å². The lowest BCUT2D eigenvalue weighted by Gasteiger charge is -2.34. The van der Waals surface area contributed by atoms with Crippen LogP contribution in [0.5, 0.6) is 5.75 Å². The van der Waals surface area contributed by atoms with Crippen molar-refractivity contribution in [1.29, 1.82) is 0 Å². The lowest BCUT2D eigenvalue weighted by Crippen LogP contribution is -2.58. The first-order valence-electron chi connectivity index (χ1n) is 7.34. The fourth-order valence-electron chi connectivity index (χ4n) is 3.07. The maximum atomic E-state index is 13.1. The van der Waals surface area contributed by atoms with Crippen LogP contribution in [0.4, 0.5) is 13.2 Å². The van der Waals surface area contributed by atoms with Crippen molar-refractivity contribution in [2.24, 2.45) is 11.0 Å². The molecular formula is C16H17F3N2O2. The van der Waals surface area contributed by atoms with Gasteiger partial charge in [-0.1, -0.05) is 12.1 Å². The number of methoxy groups -OCH3 is 1. The van der Waals surface area contributed by atoms with Gasteiger partial charge in [0.2, 0.25) is 0 Å². The van der Waals surface area contributed by atoms with Crippen molar-refractivity contribution in [2.75, 3.05) is 7.11 Å². The zero-order valence-corrected chi connectivity index (χ0v) is 12.5. The number of allylic oxidation sites excluding steroid dienone is 1. The van der Waals surface area contributed by atoms with Crippen LogP contribution in [0.3, 0.4) is 0 Å². The van der Waals surface area contributed by atoms with E-state index >= 15 is 0 Å². The first-order valence-corrected chi connectivity index (χ1v) is 7.34. The topological polar surface area (TPSA) is 53.8 Å². The van der Waals surface area contributed by atoms with Crippen LogP contribution in [-0.4, -0.2) is 29.8 Å². The van der Waals surface area contributed by atoms with Gasteiger partial charge in [0.1, 0.15) is 5.75 Å². The lowest BCUT2D eigenvalue weighted by molar-refractivity contribution is -0.281. The molecule has 23 heavy (non-hydrogen) atoms. The Morgan fingerprint density at radius 3 is 2.65 bits per heavy atom. The van der Waals surface area contributed by atoms with Crippen LogP contribution in [0.25, 0.3) is 6.08 Å². The van der Waals surface area contributed by atoms with Crippen molar-refractivity contribution >= 4 is 11.8 Å². The summed E-state index contributed by atoms with van der Waals surface area (Å²) in [4.78, 5) is 0. The third-order valence-electron chi connectivity index (χ3n) is 4.34. The molecule has 3 rings (SSSR count). The van der Waals surface area contributed by atoms with E-state index in [-0.39, 0.29) is 6.42 Å². The molecule has 1 fully saturated rings. The molecule has 1 heterocycles.